The second kappa shape index (κ2) is 9.73. The van der Waals surface area contributed by atoms with Crippen LogP contribution >= 0.6 is 15.9 Å². The van der Waals surface area contributed by atoms with Gasteiger partial charge < -0.3 is 15.0 Å². The number of likely N-dealkylation sites (tertiary alicyclic amines) is 1. The summed E-state index contributed by atoms with van der Waals surface area (Å²) in [6.07, 6.45) is 4.52. The topological polar surface area (TPSA) is 58.6 Å². The molecule has 1 N–H and O–H groups in total. The van der Waals surface area contributed by atoms with Crippen molar-refractivity contribution in [2.24, 2.45) is 0 Å². The highest BCUT2D eigenvalue weighted by atomic mass is 79.9. The molecular weight excluding hydrogens is 420 g/mol. The van der Waals surface area contributed by atoms with Gasteiger partial charge in [-0.3, -0.25) is 9.59 Å². The fourth-order valence-electron chi connectivity index (χ4n) is 3.27. The SMILES string of the molecule is Cc1cc(Br)ccc1OCC(=O)Nc1ccc(C(=O)N2CCCCCC2)cc1. The minimum absolute atomic E-state index is 0.0637. The molecule has 2 aromatic rings. The summed E-state index contributed by atoms with van der Waals surface area (Å²) in [4.78, 5) is 26.7. The van der Waals surface area contributed by atoms with Gasteiger partial charge in [0.1, 0.15) is 5.75 Å². The molecule has 3 rings (SSSR count). The number of aryl methyl sites for hydroxylation is 1. The Balaban J connectivity index is 1.53. The first-order valence-electron chi connectivity index (χ1n) is 9.61. The van der Waals surface area contributed by atoms with Crippen molar-refractivity contribution < 1.29 is 14.3 Å². The maximum atomic E-state index is 12.6. The van der Waals surface area contributed by atoms with Crippen LogP contribution in [-0.4, -0.2) is 36.4 Å². The molecule has 6 heteroatoms. The number of nitrogens with one attached hydrogen (secondary N) is 1. The molecule has 28 heavy (non-hydrogen) atoms. The molecule has 0 saturated carbocycles. The molecule has 0 spiro atoms. The highest BCUT2D eigenvalue weighted by molar-refractivity contribution is 9.10. The van der Waals surface area contributed by atoms with Crippen LogP contribution in [0.4, 0.5) is 5.69 Å². The van der Waals surface area contributed by atoms with E-state index in [1.807, 2.05) is 30.0 Å². The van der Waals surface area contributed by atoms with Gasteiger partial charge in [-0.25, -0.2) is 0 Å². The Hall–Kier alpha value is -2.34. The Morgan fingerprint density at radius 1 is 1.04 bits per heavy atom. The van der Waals surface area contributed by atoms with E-state index in [1.54, 1.807) is 24.3 Å². The zero-order valence-corrected chi connectivity index (χ0v) is 17.6. The molecule has 0 unspecified atom stereocenters. The van der Waals surface area contributed by atoms with E-state index in [1.165, 1.54) is 12.8 Å². The predicted molar refractivity (Wildman–Crippen MR) is 114 cm³/mol. The van der Waals surface area contributed by atoms with Crippen LogP contribution in [0.5, 0.6) is 5.75 Å². The van der Waals surface area contributed by atoms with Crippen LogP contribution in [0, 0.1) is 6.92 Å². The van der Waals surface area contributed by atoms with E-state index in [4.69, 9.17) is 4.74 Å². The van der Waals surface area contributed by atoms with E-state index in [2.05, 4.69) is 21.2 Å². The number of rotatable bonds is 5. The van der Waals surface area contributed by atoms with Crippen molar-refractivity contribution >= 4 is 33.4 Å². The summed E-state index contributed by atoms with van der Waals surface area (Å²) in [5.74, 6) is 0.500. The fourth-order valence-corrected chi connectivity index (χ4v) is 3.74. The van der Waals surface area contributed by atoms with Crippen molar-refractivity contribution in [1.29, 1.82) is 0 Å². The number of ether oxygens (including phenoxy) is 1. The highest BCUT2D eigenvalue weighted by Crippen LogP contribution is 2.22. The van der Waals surface area contributed by atoms with E-state index >= 15 is 0 Å². The molecule has 0 radical (unpaired) electrons. The molecule has 0 bridgehead atoms. The van der Waals surface area contributed by atoms with Gasteiger partial charge in [-0.2, -0.15) is 0 Å². The average molecular weight is 445 g/mol. The van der Waals surface area contributed by atoms with Gasteiger partial charge in [-0.15, -0.1) is 0 Å². The van der Waals surface area contributed by atoms with Gasteiger partial charge in [-0.1, -0.05) is 28.8 Å². The van der Waals surface area contributed by atoms with Crippen molar-refractivity contribution in [3.8, 4) is 5.75 Å². The fraction of sp³-hybridized carbons (Fsp3) is 0.364. The number of hydrogen-bond acceptors (Lipinski definition) is 3. The average Bonchev–Trinajstić information content (AvgIpc) is 2.97. The lowest BCUT2D eigenvalue weighted by molar-refractivity contribution is -0.118. The maximum absolute atomic E-state index is 12.6. The summed E-state index contributed by atoms with van der Waals surface area (Å²) >= 11 is 3.40. The van der Waals surface area contributed by atoms with Crippen molar-refractivity contribution in [3.63, 3.8) is 0 Å². The van der Waals surface area contributed by atoms with Gasteiger partial charge in [0, 0.05) is 28.8 Å². The Morgan fingerprint density at radius 3 is 2.36 bits per heavy atom. The van der Waals surface area contributed by atoms with Crippen LogP contribution < -0.4 is 10.1 Å². The lowest BCUT2D eigenvalue weighted by Crippen LogP contribution is -2.31. The summed E-state index contributed by atoms with van der Waals surface area (Å²) in [6.45, 7) is 3.50. The van der Waals surface area contributed by atoms with Crippen molar-refractivity contribution in [3.05, 3.63) is 58.1 Å². The van der Waals surface area contributed by atoms with Gasteiger partial charge in [0.25, 0.3) is 11.8 Å². The third kappa shape index (κ3) is 5.58. The molecule has 5 nitrogen and oxygen atoms in total. The maximum Gasteiger partial charge on any atom is 0.262 e. The number of halogens is 1. The minimum atomic E-state index is -0.242. The molecule has 1 saturated heterocycles. The van der Waals surface area contributed by atoms with Gasteiger partial charge in [0.15, 0.2) is 6.61 Å². The summed E-state index contributed by atoms with van der Waals surface area (Å²) in [6, 6.07) is 12.7. The molecule has 0 aromatic heterocycles. The number of hydrogen-bond donors (Lipinski definition) is 1. The molecule has 0 aliphatic carbocycles. The van der Waals surface area contributed by atoms with Gasteiger partial charge in [-0.05, 0) is 67.8 Å². The second-order valence-electron chi connectivity index (χ2n) is 7.03. The Morgan fingerprint density at radius 2 is 1.71 bits per heavy atom. The van der Waals surface area contributed by atoms with Crippen LogP contribution in [0.15, 0.2) is 46.9 Å². The van der Waals surface area contributed by atoms with E-state index < -0.39 is 0 Å². The second-order valence-corrected chi connectivity index (χ2v) is 7.95. The number of nitrogens with zero attached hydrogens (tertiary/aromatic N) is 1. The van der Waals surface area contributed by atoms with Gasteiger partial charge in [0.05, 0.1) is 0 Å². The minimum Gasteiger partial charge on any atom is -0.483 e. The predicted octanol–water partition coefficient (Wildman–Crippen LogP) is 4.79. The Bertz CT molecular complexity index is 828. The molecule has 148 valence electrons. The zero-order chi connectivity index (χ0) is 19.9. The monoisotopic (exact) mass is 444 g/mol. The van der Waals surface area contributed by atoms with Gasteiger partial charge >= 0.3 is 0 Å². The summed E-state index contributed by atoms with van der Waals surface area (Å²) in [5, 5.41) is 2.80. The number of amides is 2. The first-order chi connectivity index (χ1) is 13.5. The smallest absolute Gasteiger partial charge is 0.262 e. The van der Waals surface area contributed by atoms with Crippen LogP contribution in [0.1, 0.15) is 41.6 Å². The molecule has 1 aliphatic rings. The Kier molecular flexibility index (Phi) is 7.09. The highest BCUT2D eigenvalue weighted by Gasteiger charge is 2.17. The van der Waals surface area contributed by atoms with Crippen LogP contribution in [0.2, 0.25) is 0 Å². The molecule has 1 fully saturated rings. The molecule has 0 atom stereocenters. The normalized spacial score (nSPS) is 14.3. The summed E-state index contributed by atoms with van der Waals surface area (Å²) in [5.41, 5.74) is 2.26. The Labute approximate surface area is 174 Å². The first-order valence-corrected chi connectivity index (χ1v) is 10.4. The molecule has 2 aromatic carbocycles. The first kappa shape index (κ1) is 20.4. The van der Waals surface area contributed by atoms with Crippen molar-refractivity contribution in [1.82, 2.24) is 4.90 Å². The number of carbonyl (C=O) groups excluding carboxylic acids is 2. The summed E-state index contributed by atoms with van der Waals surface area (Å²) < 4.78 is 6.55. The largest absolute Gasteiger partial charge is 0.483 e. The molecule has 1 aliphatic heterocycles. The van der Waals surface area contributed by atoms with E-state index in [0.717, 1.165) is 36.0 Å². The number of carbonyl (C=O) groups is 2. The van der Waals surface area contributed by atoms with Crippen LogP contribution in [0.3, 0.4) is 0 Å². The third-order valence-electron chi connectivity index (χ3n) is 4.80. The van der Waals surface area contributed by atoms with E-state index in [9.17, 15) is 9.59 Å². The van der Waals surface area contributed by atoms with E-state index in [-0.39, 0.29) is 18.4 Å². The van der Waals surface area contributed by atoms with Crippen LogP contribution in [-0.2, 0) is 4.79 Å². The number of anilines is 1. The standard InChI is InChI=1S/C22H25BrN2O3/c1-16-14-18(23)8-11-20(16)28-15-21(26)24-19-9-6-17(7-10-19)22(27)25-12-4-2-3-5-13-25/h6-11,14H,2-5,12-13,15H2,1H3,(H,24,26). The van der Waals surface area contributed by atoms with Crippen molar-refractivity contribution in [2.75, 3.05) is 25.0 Å². The lowest BCUT2D eigenvalue weighted by atomic mass is 10.1. The molecular formula is C22H25BrN2O3. The third-order valence-corrected chi connectivity index (χ3v) is 5.30. The van der Waals surface area contributed by atoms with Crippen LogP contribution in [0.25, 0.3) is 0 Å². The molecule has 2 amide bonds. The van der Waals surface area contributed by atoms with E-state index in [0.29, 0.717) is 17.0 Å². The molecule has 1 heterocycles. The zero-order valence-electron chi connectivity index (χ0n) is 16.0. The van der Waals surface area contributed by atoms with Crippen molar-refractivity contribution in [2.45, 2.75) is 32.6 Å². The lowest BCUT2D eigenvalue weighted by Gasteiger charge is -2.20. The number of benzene rings is 2. The quantitative estimate of drug-likeness (QED) is 0.720. The summed E-state index contributed by atoms with van der Waals surface area (Å²) in [7, 11) is 0. The van der Waals surface area contributed by atoms with Gasteiger partial charge in [0.2, 0.25) is 0 Å².